The van der Waals surface area contributed by atoms with Gasteiger partial charge < -0.3 is 5.50 Å². The molecule has 0 saturated carbocycles. The van der Waals surface area contributed by atoms with Gasteiger partial charge in [0.15, 0.2) is 0 Å². The van der Waals surface area contributed by atoms with E-state index >= 15 is 0 Å². The van der Waals surface area contributed by atoms with Crippen molar-refractivity contribution in [2.24, 2.45) is 5.50 Å². The maximum Gasteiger partial charge on any atom is 0.0201 e. The molecule has 0 saturated heterocycles. The van der Waals surface area contributed by atoms with Crippen LogP contribution in [0.5, 0.6) is 0 Å². The van der Waals surface area contributed by atoms with Crippen molar-refractivity contribution >= 4 is 18.0 Å². The zero-order valence-corrected chi connectivity index (χ0v) is 10.1. The third-order valence-electron chi connectivity index (χ3n) is 1.99. The maximum absolute atomic E-state index is 6.20. The molecule has 0 heterocycles. The number of rotatable bonds is 0. The summed E-state index contributed by atoms with van der Waals surface area (Å²) >= 11 is 5.51. The number of hydrogen-bond donors (Lipinski definition) is 1. The quantitative estimate of drug-likeness (QED) is 0.599. The molecule has 0 aromatic heterocycles. The Bertz CT molecular complexity index is 167. The van der Waals surface area contributed by atoms with E-state index < -0.39 is 6.19 Å². The fourth-order valence-corrected chi connectivity index (χ4v) is 3.02. The largest absolute Gasteiger partial charge is 0.302 e. The van der Waals surface area contributed by atoms with Gasteiger partial charge in [0, 0.05) is 16.5 Å². The smallest absolute Gasteiger partial charge is 0.0201 e. The number of hydrogen-bond acceptors (Lipinski definition) is 1. The Hall–Kier alpha value is 0.610. The van der Waals surface area contributed by atoms with Gasteiger partial charge >= 0.3 is 0 Å². The molecule has 0 spiro atoms. The summed E-state index contributed by atoms with van der Waals surface area (Å²) in [4.78, 5) is 0. The molecular weight excluding hydrogens is 173 g/mol. The monoisotopic (exact) mass is 193 g/mol. The summed E-state index contributed by atoms with van der Waals surface area (Å²) in [5.74, 6) is 0. The molecule has 0 rings (SSSR count). The predicted octanol–water partition coefficient (Wildman–Crippen LogP) is 2.94. The SMILES string of the molecule is CC(C)(C)P(N)(=S)C(C)(C)C. The lowest BCUT2D eigenvalue weighted by atomic mass is 10.2. The Kier molecular flexibility index (Phi) is 2.99. The molecule has 0 aromatic rings. The first-order valence-corrected chi connectivity index (χ1v) is 6.76. The highest BCUT2D eigenvalue weighted by molar-refractivity contribution is 8.14. The van der Waals surface area contributed by atoms with Crippen LogP contribution in [0.2, 0.25) is 0 Å². The van der Waals surface area contributed by atoms with Crippen molar-refractivity contribution in [3.63, 3.8) is 0 Å². The lowest BCUT2D eigenvalue weighted by Crippen LogP contribution is -2.32. The molecule has 2 N–H and O–H groups in total. The Morgan fingerprint density at radius 3 is 1.09 bits per heavy atom. The van der Waals surface area contributed by atoms with Crippen LogP contribution in [0, 0.1) is 0 Å². The molecule has 0 amide bonds. The van der Waals surface area contributed by atoms with Gasteiger partial charge in [-0.1, -0.05) is 53.3 Å². The molecule has 1 nitrogen and oxygen atoms in total. The summed E-state index contributed by atoms with van der Waals surface area (Å²) in [5.41, 5.74) is 6.20. The lowest BCUT2D eigenvalue weighted by Gasteiger charge is -2.41. The van der Waals surface area contributed by atoms with Crippen LogP contribution < -0.4 is 5.50 Å². The Morgan fingerprint density at radius 1 is 0.909 bits per heavy atom. The molecule has 0 unspecified atom stereocenters. The normalized spacial score (nSPS) is 15.2. The molecule has 0 bridgehead atoms. The average molecular weight is 193 g/mol. The molecule has 3 heteroatoms. The zero-order chi connectivity index (χ0) is 9.50. The molecule has 0 aromatic carbocycles. The van der Waals surface area contributed by atoms with Crippen LogP contribution >= 0.6 is 6.19 Å². The van der Waals surface area contributed by atoms with Gasteiger partial charge in [-0.3, -0.25) is 0 Å². The summed E-state index contributed by atoms with van der Waals surface area (Å²) in [6.45, 7) is 12.8. The molecule has 0 fully saturated rings. The van der Waals surface area contributed by atoms with Crippen LogP contribution in [-0.2, 0) is 11.8 Å². The van der Waals surface area contributed by atoms with E-state index in [9.17, 15) is 0 Å². The minimum atomic E-state index is -1.73. The third kappa shape index (κ3) is 2.27. The fourth-order valence-electron chi connectivity index (χ4n) is 1.01. The van der Waals surface area contributed by atoms with E-state index in [0.717, 1.165) is 0 Å². The summed E-state index contributed by atoms with van der Waals surface area (Å²) in [6.07, 6.45) is -1.73. The summed E-state index contributed by atoms with van der Waals surface area (Å²) < 4.78 is 0. The van der Waals surface area contributed by atoms with Crippen molar-refractivity contribution in [2.75, 3.05) is 0 Å². The highest BCUT2D eigenvalue weighted by atomic mass is 32.4. The first kappa shape index (κ1) is 11.6. The Morgan fingerprint density at radius 2 is 1.09 bits per heavy atom. The van der Waals surface area contributed by atoms with Crippen molar-refractivity contribution in [3.05, 3.63) is 0 Å². The minimum Gasteiger partial charge on any atom is -0.302 e. The summed E-state index contributed by atoms with van der Waals surface area (Å²) in [6, 6.07) is 0. The van der Waals surface area contributed by atoms with Gasteiger partial charge in [0.05, 0.1) is 0 Å². The molecular formula is C8H20NPS. The highest BCUT2D eigenvalue weighted by Crippen LogP contribution is 2.60. The van der Waals surface area contributed by atoms with Crippen molar-refractivity contribution in [3.8, 4) is 0 Å². The van der Waals surface area contributed by atoms with Crippen LogP contribution in [0.15, 0.2) is 0 Å². The highest BCUT2D eigenvalue weighted by Gasteiger charge is 2.38. The van der Waals surface area contributed by atoms with Crippen molar-refractivity contribution in [2.45, 2.75) is 51.9 Å². The summed E-state index contributed by atoms with van der Waals surface area (Å²) in [5, 5.41) is 0.168. The molecule has 0 aliphatic carbocycles. The van der Waals surface area contributed by atoms with E-state index in [1.165, 1.54) is 0 Å². The van der Waals surface area contributed by atoms with Gasteiger partial charge in [0.2, 0.25) is 0 Å². The van der Waals surface area contributed by atoms with Gasteiger partial charge in [0.25, 0.3) is 0 Å². The predicted molar refractivity (Wildman–Crippen MR) is 58.0 cm³/mol. The minimum absolute atomic E-state index is 0.0839. The van der Waals surface area contributed by atoms with Gasteiger partial charge in [0.1, 0.15) is 0 Å². The van der Waals surface area contributed by atoms with Crippen LogP contribution in [0.3, 0.4) is 0 Å². The van der Waals surface area contributed by atoms with Gasteiger partial charge in [-0.25, -0.2) is 0 Å². The van der Waals surface area contributed by atoms with Crippen molar-refractivity contribution in [1.29, 1.82) is 0 Å². The maximum atomic E-state index is 6.20. The van der Waals surface area contributed by atoms with Gasteiger partial charge in [-0.2, -0.15) is 0 Å². The Balaban J connectivity index is 4.92. The second kappa shape index (κ2) is 2.83. The molecule has 0 atom stereocenters. The van der Waals surface area contributed by atoms with Crippen LogP contribution in [0.25, 0.3) is 0 Å². The number of nitrogens with two attached hydrogens (primary N) is 1. The van der Waals surface area contributed by atoms with E-state index in [-0.39, 0.29) is 10.3 Å². The standard InChI is InChI=1S/C8H20NPS/c1-7(2,3)10(9,11)8(4,5)6/h1-6H3,(H2,9,11). The first-order valence-electron chi connectivity index (χ1n) is 3.89. The van der Waals surface area contributed by atoms with E-state index in [2.05, 4.69) is 41.5 Å². The molecule has 0 aliphatic rings. The molecule has 0 aliphatic heterocycles. The lowest BCUT2D eigenvalue weighted by molar-refractivity contribution is 0.703. The first-order chi connectivity index (χ1) is 4.50. The second-order valence-corrected chi connectivity index (χ2v) is 10.7. The van der Waals surface area contributed by atoms with Gasteiger partial charge in [-0.15, -0.1) is 0 Å². The van der Waals surface area contributed by atoms with E-state index in [0.29, 0.717) is 0 Å². The molecule has 68 valence electrons. The van der Waals surface area contributed by atoms with E-state index in [1.807, 2.05) is 0 Å². The van der Waals surface area contributed by atoms with Crippen molar-refractivity contribution in [1.82, 2.24) is 0 Å². The van der Waals surface area contributed by atoms with Gasteiger partial charge in [-0.05, 0) is 0 Å². The van der Waals surface area contributed by atoms with E-state index in [1.54, 1.807) is 0 Å². The topological polar surface area (TPSA) is 26.0 Å². The zero-order valence-electron chi connectivity index (χ0n) is 8.43. The van der Waals surface area contributed by atoms with E-state index in [4.69, 9.17) is 17.3 Å². The summed E-state index contributed by atoms with van der Waals surface area (Å²) in [7, 11) is 0. The third-order valence-corrected chi connectivity index (χ3v) is 9.27. The van der Waals surface area contributed by atoms with Crippen molar-refractivity contribution < 1.29 is 0 Å². The Labute approximate surface area is 75.8 Å². The van der Waals surface area contributed by atoms with Crippen LogP contribution in [-0.4, -0.2) is 10.3 Å². The fraction of sp³-hybridized carbons (Fsp3) is 1.00. The average Bonchev–Trinajstić information content (AvgIpc) is 1.58. The van der Waals surface area contributed by atoms with Crippen LogP contribution in [0.4, 0.5) is 0 Å². The van der Waals surface area contributed by atoms with Crippen LogP contribution in [0.1, 0.15) is 41.5 Å². The molecule has 0 radical (unpaired) electrons. The second-order valence-electron chi connectivity index (χ2n) is 5.00. The molecule has 11 heavy (non-hydrogen) atoms.